The van der Waals surface area contributed by atoms with Crippen molar-refractivity contribution in [3.8, 4) is 44.9 Å². The highest BCUT2D eigenvalue weighted by Crippen LogP contribution is 2.61. The van der Waals surface area contributed by atoms with E-state index in [9.17, 15) is 0 Å². The number of benzene rings is 11. The van der Waals surface area contributed by atoms with Crippen molar-refractivity contribution < 1.29 is 4.74 Å². The van der Waals surface area contributed by atoms with Crippen molar-refractivity contribution in [2.75, 3.05) is 9.80 Å². The highest BCUT2D eigenvalue weighted by molar-refractivity contribution is 6.14. The molecule has 13 rings (SSSR count). The van der Waals surface area contributed by atoms with Crippen molar-refractivity contribution in [3.63, 3.8) is 0 Å². The van der Waals surface area contributed by atoms with Gasteiger partial charge in [0.2, 0.25) is 0 Å². The Kier molecular flexibility index (Phi) is 9.40. The first-order valence-corrected chi connectivity index (χ1v) is 23.3. The Bertz CT molecular complexity index is 3550. The Hall–Kier alpha value is -8.92. The summed E-state index contributed by atoms with van der Waals surface area (Å²) in [6, 6.07) is 96.5. The Morgan fingerprint density at radius 3 is 1.46 bits per heavy atom. The zero-order chi connectivity index (χ0) is 45.0. The summed E-state index contributed by atoms with van der Waals surface area (Å²) in [7, 11) is 0. The molecule has 1 heterocycles. The van der Waals surface area contributed by atoms with Crippen molar-refractivity contribution in [3.05, 3.63) is 289 Å². The lowest BCUT2D eigenvalue weighted by Gasteiger charge is -2.35. The Morgan fingerprint density at radius 2 is 0.794 bits per heavy atom. The van der Waals surface area contributed by atoms with Gasteiger partial charge in [0.1, 0.15) is 11.5 Å². The second-order valence-electron chi connectivity index (χ2n) is 17.5. The summed E-state index contributed by atoms with van der Waals surface area (Å²) in [5.41, 5.74) is 17.9. The normalized spacial score (nSPS) is 12.6. The molecular weight excluding hydrogens is 825 g/mol. The van der Waals surface area contributed by atoms with Gasteiger partial charge in [0.25, 0.3) is 0 Å². The van der Waals surface area contributed by atoms with Gasteiger partial charge in [-0.1, -0.05) is 200 Å². The Balaban J connectivity index is 1.07. The van der Waals surface area contributed by atoms with Crippen LogP contribution in [0.4, 0.5) is 34.1 Å². The maximum atomic E-state index is 7.02. The van der Waals surface area contributed by atoms with Gasteiger partial charge >= 0.3 is 0 Å². The van der Waals surface area contributed by atoms with Crippen LogP contribution < -0.4 is 14.5 Å². The molecule has 0 saturated carbocycles. The van der Waals surface area contributed by atoms with E-state index in [1.165, 1.54) is 44.5 Å². The topological polar surface area (TPSA) is 15.7 Å². The smallest absolute Gasteiger partial charge is 0.137 e. The molecule has 0 N–H and O–H groups in total. The second-order valence-corrected chi connectivity index (χ2v) is 17.5. The summed E-state index contributed by atoms with van der Waals surface area (Å²) in [5, 5.41) is 2.17. The van der Waals surface area contributed by atoms with Crippen LogP contribution in [0.5, 0.6) is 11.5 Å². The molecular formula is C65H44N2O. The molecule has 0 saturated heterocycles. The van der Waals surface area contributed by atoms with Crippen molar-refractivity contribution in [2.45, 2.75) is 5.41 Å². The lowest BCUT2D eigenvalue weighted by molar-refractivity contribution is 0.487. The minimum atomic E-state index is -0.551. The fourth-order valence-electron chi connectivity index (χ4n) is 11.1. The summed E-state index contributed by atoms with van der Waals surface area (Å²) in [6.45, 7) is 0. The maximum absolute atomic E-state index is 7.02. The predicted molar refractivity (Wildman–Crippen MR) is 282 cm³/mol. The summed E-state index contributed by atoms with van der Waals surface area (Å²) >= 11 is 0. The van der Waals surface area contributed by atoms with Gasteiger partial charge in [-0.05, 0) is 111 Å². The van der Waals surface area contributed by atoms with Gasteiger partial charge in [-0.15, -0.1) is 0 Å². The van der Waals surface area contributed by atoms with Crippen LogP contribution in [0.25, 0.3) is 44.2 Å². The number of hydrogen-bond donors (Lipinski definition) is 0. The van der Waals surface area contributed by atoms with Gasteiger partial charge in [0.15, 0.2) is 0 Å². The third-order valence-corrected chi connectivity index (χ3v) is 13.9. The third-order valence-electron chi connectivity index (χ3n) is 13.9. The SMILES string of the molecule is c1ccc(-c2ccc(N(c3cccc4c3-c3ccccc3C4(c3ccccc3)c3ccccc3)c3ccc4c5c(cccc35)-c3c(cccc3N(c3ccccc3)c3ccccc3)O4)cc2)cc1. The number of para-hydroxylation sites is 2. The molecule has 0 spiro atoms. The Labute approximate surface area is 397 Å². The first-order valence-electron chi connectivity index (χ1n) is 23.3. The molecule has 3 heteroatoms. The van der Waals surface area contributed by atoms with Crippen molar-refractivity contribution in [1.29, 1.82) is 0 Å². The van der Waals surface area contributed by atoms with E-state index in [1.54, 1.807) is 0 Å². The van der Waals surface area contributed by atoms with Crippen LogP contribution in [-0.2, 0) is 5.41 Å². The van der Waals surface area contributed by atoms with E-state index in [2.05, 4.69) is 277 Å². The highest BCUT2D eigenvalue weighted by Gasteiger charge is 2.47. The van der Waals surface area contributed by atoms with Gasteiger partial charge in [-0.25, -0.2) is 0 Å². The van der Waals surface area contributed by atoms with E-state index < -0.39 is 5.41 Å². The average molecular weight is 869 g/mol. The third kappa shape index (κ3) is 6.13. The van der Waals surface area contributed by atoms with E-state index in [4.69, 9.17) is 4.74 Å². The number of fused-ring (bicyclic) bond motifs is 5. The number of ether oxygens (including phenoxy) is 1. The van der Waals surface area contributed by atoms with Crippen LogP contribution in [0.3, 0.4) is 0 Å². The molecule has 11 aromatic rings. The van der Waals surface area contributed by atoms with E-state index in [-0.39, 0.29) is 0 Å². The predicted octanol–water partition coefficient (Wildman–Crippen LogP) is 17.6. The maximum Gasteiger partial charge on any atom is 0.137 e. The van der Waals surface area contributed by atoms with Gasteiger partial charge in [0, 0.05) is 39.0 Å². The molecule has 0 aromatic heterocycles. The lowest BCUT2D eigenvalue weighted by atomic mass is 9.68. The van der Waals surface area contributed by atoms with Crippen LogP contribution in [-0.4, -0.2) is 0 Å². The summed E-state index contributed by atoms with van der Waals surface area (Å²) in [5.74, 6) is 1.67. The minimum absolute atomic E-state index is 0.551. The van der Waals surface area contributed by atoms with Crippen LogP contribution in [0.1, 0.15) is 22.3 Å². The zero-order valence-corrected chi connectivity index (χ0v) is 37.2. The molecule has 0 unspecified atom stereocenters. The van der Waals surface area contributed by atoms with Gasteiger partial charge < -0.3 is 14.5 Å². The molecule has 0 atom stereocenters. The highest BCUT2D eigenvalue weighted by atomic mass is 16.5. The van der Waals surface area contributed by atoms with Crippen LogP contribution in [0.15, 0.2) is 267 Å². The summed E-state index contributed by atoms with van der Waals surface area (Å²) < 4.78 is 7.02. The van der Waals surface area contributed by atoms with E-state index in [0.29, 0.717) is 0 Å². The number of nitrogens with zero attached hydrogens (tertiary/aromatic N) is 2. The largest absolute Gasteiger partial charge is 0.456 e. The molecule has 68 heavy (non-hydrogen) atoms. The minimum Gasteiger partial charge on any atom is -0.456 e. The molecule has 0 amide bonds. The van der Waals surface area contributed by atoms with Crippen LogP contribution >= 0.6 is 0 Å². The van der Waals surface area contributed by atoms with Crippen molar-refractivity contribution in [1.82, 2.24) is 0 Å². The first kappa shape index (κ1) is 39.4. The number of anilines is 6. The average Bonchev–Trinajstić information content (AvgIpc) is 3.73. The summed E-state index contributed by atoms with van der Waals surface area (Å²) in [4.78, 5) is 4.83. The molecule has 1 aliphatic heterocycles. The standard InChI is InChI=1S/C65H44N2O/c1-6-21-45(22-7-1)46-39-41-51(42-40-46)67(58-36-19-35-56-63(58)52-31-16-17-34-55(52)65(56,47-23-8-2-9-24-47)48-25-10-3-11-26-48)57-43-44-61-62-53(57)32-18-33-54(62)64-59(37-20-38-60(64)68-61)66(49-27-12-4-13-28-49)50-29-14-5-15-30-50/h1-44H. The summed E-state index contributed by atoms with van der Waals surface area (Å²) in [6.07, 6.45) is 0. The number of rotatable bonds is 9. The zero-order valence-electron chi connectivity index (χ0n) is 37.2. The van der Waals surface area contributed by atoms with E-state index >= 15 is 0 Å². The van der Waals surface area contributed by atoms with Gasteiger partial charge in [-0.2, -0.15) is 0 Å². The molecule has 0 bridgehead atoms. The molecule has 1 aliphatic carbocycles. The molecule has 0 radical (unpaired) electrons. The quantitative estimate of drug-likeness (QED) is 0.144. The molecule has 3 nitrogen and oxygen atoms in total. The second kappa shape index (κ2) is 16.2. The molecule has 11 aromatic carbocycles. The van der Waals surface area contributed by atoms with Crippen LogP contribution in [0, 0.1) is 0 Å². The van der Waals surface area contributed by atoms with E-state index in [1.807, 2.05) is 0 Å². The van der Waals surface area contributed by atoms with Crippen LogP contribution in [0.2, 0.25) is 0 Å². The van der Waals surface area contributed by atoms with Crippen molar-refractivity contribution >= 4 is 44.9 Å². The number of hydrogen-bond acceptors (Lipinski definition) is 3. The molecule has 320 valence electrons. The molecule has 0 fully saturated rings. The van der Waals surface area contributed by atoms with E-state index in [0.717, 1.165) is 67.5 Å². The Morgan fingerprint density at radius 1 is 0.294 bits per heavy atom. The fraction of sp³-hybridized carbons (Fsp3) is 0.0154. The molecule has 2 aliphatic rings. The fourth-order valence-corrected chi connectivity index (χ4v) is 11.1. The first-order chi connectivity index (χ1) is 33.8. The monoisotopic (exact) mass is 868 g/mol. The lowest BCUT2D eigenvalue weighted by Crippen LogP contribution is -2.28. The van der Waals surface area contributed by atoms with Gasteiger partial charge in [0.05, 0.1) is 22.5 Å². The van der Waals surface area contributed by atoms with Crippen molar-refractivity contribution in [2.24, 2.45) is 0 Å². The van der Waals surface area contributed by atoms with Gasteiger partial charge in [-0.3, -0.25) is 0 Å².